The molecule has 0 spiro atoms. The number of rotatable bonds is 0. The summed E-state index contributed by atoms with van der Waals surface area (Å²) in [5, 5.41) is 14.2. The van der Waals surface area contributed by atoms with Gasteiger partial charge in [-0.25, -0.2) is 24.9 Å². The maximum Gasteiger partial charge on any atom is 0.147 e. The Morgan fingerprint density at radius 1 is 0.556 bits per heavy atom. The molecular weight excluding hydrogens is 342 g/mol. The fourth-order valence-corrected chi connectivity index (χ4v) is 0.908. The smallest absolute Gasteiger partial charge is 0.147 e. The molecule has 27 heavy (non-hydrogen) atoms. The summed E-state index contributed by atoms with van der Waals surface area (Å²) < 4.78 is 0. The molecule has 150 valence electrons. The summed E-state index contributed by atoms with van der Waals surface area (Å²) in [6.07, 6.45) is 9.15. The van der Waals surface area contributed by atoms with Gasteiger partial charge in [-0.1, -0.05) is 41.5 Å². The van der Waals surface area contributed by atoms with Crippen molar-refractivity contribution < 1.29 is 0 Å². The van der Waals surface area contributed by atoms with E-state index in [0.29, 0.717) is 5.82 Å². The first-order chi connectivity index (χ1) is 13.2. The molecule has 0 saturated heterocycles. The molecule has 0 N–H and O–H groups in total. The third-order valence-electron chi connectivity index (χ3n) is 1.84. The summed E-state index contributed by atoms with van der Waals surface area (Å²) in [5.41, 5.74) is 0.898. The second kappa shape index (κ2) is 25.3. The number of aryl methyl sites for hydroxylation is 3. The lowest BCUT2D eigenvalue weighted by molar-refractivity contribution is 0.907. The molecule has 0 unspecified atom stereocenters. The van der Waals surface area contributed by atoms with E-state index in [1.165, 1.54) is 19.0 Å². The summed E-state index contributed by atoms with van der Waals surface area (Å²) in [7, 11) is 0. The normalized spacial score (nSPS) is 7.44. The summed E-state index contributed by atoms with van der Waals surface area (Å²) >= 11 is 0. The van der Waals surface area contributed by atoms with Crippen LogP contribution in [0.25, 0.3) is 0 Å². The molecule has 3 aromatic heterocycles. The molecule has 9 nitrogen and oxygen atoms in total. The fraction of sp³-hybridized carbons (Fsp3) is 0.500. The summed E-state index contributed by atoms with van der Waals surface area (Å²) in [6, 6.07) is 0. The molecule has 0 aliphatic heterocycles. The molecule has 0 bridgehead atoms. The summed E-state index contributed by atoms with van der Waals surface area (Å²) in [4.78, 5) is 18.7. The molecule has 0 amide bonds. The van der Waals surface area contributed by atoms with E-state index in [1.54, 1.807) is 25.5 Å². The lowest BCUT2D eigenvalue weighted by Gasteiger charge is -1.80. The van der Waals surface area contributed by atoms with Crippen LogP contribution in [-0.2, 0) is 0 Å². The number of hydrogen-bond acceptors (Lipinski definition) is 9. The van der Waals surface area contributed by atoms with Gasteiger partial charge in [-0.15, -0.1) is 10.2 Å². The maximum absolute atomic E-state index is 3.81. The monoisotopic (exact) mass is 375 g/mol. The first kappa shape index (κ1) is 28.8. The van der Waals surface area contributed by atoms with Gasteiger partial charge in [0.2, 0.25) is 0 Å². The van der Waals surface area contributed by atoms with E-state index in [2.05, 4.69) is 45.3 Å². The van der Waals surface area contributed by atoms with E-state index < -0.39 is 0 Å². The highest BCUT2D eigenvalue weighted by Crippen LogP contribution is 1.78. The average molecular weight is 376 g/mol. The van der Waals surface area contributed by atoms with Crippen LogP contribution in [0, 0.1) is 20.8 Å². The summed E-state index contributed by atoms with van der Waals surface area (Å²) in [6.45, 7) is 17.5. The van der Waals surface area contributed by atoms with E-state index in [1.807, 2.05) is 55.4 Å². The number of nitrogens with zero attached hydrogens (tertiary/aromatic N) is 9. The Morgan fingerprint density at radius 2 is 1.15 bits per heavy atom. The van der Waals surface area contributed by atoms with Crippen LogP contribution >= 0.6 is 0 Å². The summed E-state index contributed by atoms with van der Waals surface area (Å²) in [5.74, 6) is 1.47. The molecule has 9 heteroatoms. The van der Waals surface area contributed by atoms with Gasteiger partial charge in [0.25, 0.3) is 0 Å². The lowest BCUT2D eigenvalue weighted by Crippen LogP contribution is -1.85. The van der Waals surface area contributed by atoms with Crippen molar-refractivity contribution in [3.8, 4) is 0 Å². The third kappa shape index (κ3) is 23.0. The molecule has 0 aliphatic carbocycles. The highest BCUT2D eigenvalue weighted by Gasteiger charge is 1.77. The van der Waals surface area contributed by atoms with Gasteiger partial charge in [-0.2, -0.15) is 10.2 Å². The van der Waals surface area contributed by atoms with Crippen LogP contribution in [0.4, 0.5) is 0 Å². The van der Waals surface area contributed by atoms with Crippen molar-refractivity contribution in [3.05, 3.63) is 54.9 Å². The molecule has 3 heterocycles. The van der Waals surface area contributed by atoms with Gasteiger partial charge >= 0.3 is 0 Å². The Hall–Kier alpha value is -2.97. The van der Waals surface area contributed by atoms with Crippen LogP contribution in [0.2, 0.25) is 0 Å². The first-order valence-corrected chi connectivity index (χ1v) is 8.96. The average Bonchev–Trinajstić information content (AvgIpc) is 2.75. The number of aromatic nitrogens is 9. The van der Waals surface area contributed by atoms with Crippen molar-refractivity contribution in [2.45, 2.75) is 62.3 Å². The zero-order valence-electron chi connectivity index (χ0n) is 18.0. The molecule has 3 aromatic rings. The predicted molar refractivity (Wildman–Crippen MR) is 108 cm³/mol. The van der Waals surface area contributed by atoms with Crippen molar-refractivity contribution in [2.24, 2.45) is 0 Å². The topological polar surface area (TPSA) is 116 Å². The first-order valence-electron chi connectivity index (χ1n) is 8.96. The second-order valence-corrected chi connectivity index (χ2v) is 3.62. The molecule has 0 aromatic carbocycles. The quantitative estimate of drug-likeness (QED) is 0.580. The van der Waals surface area contributed by atoms with E-state index in [-0.39, 0.29) is 0 Å². The Labute approximate surface area is 163 Å². The second-order valence-electron chi connectivity index (χ2n) is 3.62. The minimum Gasteiger partial charge on any atom is -0.238 e. The van der Waals surface area contributed by atoms with Crippen molar-refractivity contribution in [1.82, 2.24) is 45.3 Å². The van der Waals surface area contributed by atoms with Crippen molar-refractivity contribution in [3.63, 3.8) is 0 Å². The zero-order chi connectivity index (χ0) is 21.3. The van der Waals surface area contributed by atoms with Crippen LogP contribution in [-0.4, -0.2) is 45.3 Å². The Kier molecular flexibility index (Phi) is 27.0. The van der Waals surface area contributed by atoms with Crippen LogP contribution in [0.5, 0.6) is 0 Å². The third-order valence-corrected chi connectivity index (χ3v) is 1.84. The highest BCUT2D eigenvalue weighted by molar-refractivity contribution is 4.84. The molecule has 0 fully saturated rings. The SMILES string of the molecule is CC.CC.CC.Cc1cnncn1.Cc1nccnn1.Cc1ncncn1. The van der Waals surface area contributed by atoms with Crippen molar-refractivity contribution in [2.75, 3.05) is 0 Å². The van der Waals surface area contributed by atoms with Crippen LogP contribution in [0.3, 0.4) is 0 Å². The van der Waals surface area contributed by atoms with Gasteiger partial charge in [0, 0.05) is 6.20 Å². The van der Waals surface area contributed by atoms with Crippen LogP contribution in [0.15, 0.2) is 37.6 Å². The molecule has 3 rings (SSSR count). The van der Waals surface area contributed by atoms with Gasteiger partial charge < -0.3 is 0 Å². The van der Waals surface area contributed by atoms with E-state index in [4.69, 9.17) is 0 Å². The molecular formula is C18H33N9. The van der Waals surface area contributed by atoms with Gasteiger partial charge in [0.1, 0.15) is 30.6 Å². The molecule has 0 saturated carbocycles. The van der Waals surface area contributed by atoms with Gasteiger partial charge in [-0.3, -0.25) is 0 Å². The Morgan fingerprint density at radius 3 is 1.37 bits per heavy atom. The minimum absolute atomic E-state index is 0.711. The van der Waals surface area contributed by atoms with Gasteiger partial charge in [-0.05, 0) is 20.8 Å². The standard InChI is InChI=1S/3C4H5N3.3C2H6/c1-4-6-2-5-3-7-4;1-4-2-6-7-3-5-4;1-4-5-2-3-6-7-4;3*1-2/h3*2-3H,1H3;3*1-2H3. The number of hydrogen-bond donors (Lipinski definition) is 0. The fourth-order valence-electron chi connectivity index (χ4n) is 0.908. The Balaban J connectivity index is -0.000000281. The molecule has 0 radical (unpaired) electrons. The van der Waals surface area contributed by atoms with E-state index in [0.717, 1.165) is 11.5 Å². The minimum atomic E-state index is 0.711. The van der Waals surface area contributed by atoms with Gasteiger partial charge in [0.15, 0.2) is 0 Å². The highest BCUT2D eigenvalue weighted by atomic mass is 15.1. The van der Waals surface area contributed by atoms with E-state index >= 15 is 0 Å². The zero-order valence-corrected chi connectivity index (χ0v) is 18.0. The van der Waals surface area contributed by atoms with Crippen molar-refractivity contribution in [1.29, 1.82) is 0 Å². The van der Waals surface area contributed by atoms with Crippen LogP contribution in [0.1, 0.15) is 58.9 Å². The lowest BCUT2D eigenvalue weighted by atomic mass is 10.6. The molecule has 0 atom stereocenters. The molecule has 0 aliphatic rings. The van der Waals surface area contributed by atoms with E-state index in [9.17, 15) is 0 Å². The van der Waals surface area contributed by atoms with Crippen molar-refractivity contribution >= 4 is 0 Å². The largest absolute Gasteiger partial charge is 0.238 e. The van der Waals surface area contributed by atoms with Gasteiger partial charge in [0.05, 0.1) is 18.1 Å². The predicted octanol–water partition coefficient (Wildman–Crippen LogP) is 3.62. The Bertz CT molecular complexity index is 504. The maximum atomic E-state index is 3.81. The van der Waals surface area contributed by atoms with Crippen LogP contribution < -0.4 is 0 Å².